The fraction of sp³-hybridized carbons (Fsp3) is 0.467. The number of H-pyrrole nitrogens is 1. The first-order valence-electron chi connectivity index (χ1n) is 6.48. The molecule has 3 heteroatoms. The molecule has 1 heterocycles. The molecule has 0 aliphatic heterocycles. The van der Waals surface area contributed by atoms with Crippen LogP contribution in [0.5, 0.6) is 0 Å². The van der Waals surface area contributed by atoms with Gasteiger partial charge in [0, 0.05) is 17.1 Å². The van der Waals surface area contributed by atoms with Gasteiger partial charge in [-0.05, 0) is 36.9 Å². The smallest absolute Gasteiger partial charge is 0.0648 e. The average molecular weight is 263 g/mol. The molecule has 0 fully saturated rings. The lowest BCUT2D eigenvalue weighted by Gasteiger charge is -2.35. The van der Waals surface area contributed by atoms with Crippen molar-refractivity contribution in [3.63, 3.8) is 0 Å². The number of rotatable bonds is 1. The third-order valence-electron chi connectivity index (χ3n) is 4.01. The Balaban J connectivity index is 2.27. The molecule has 3 rings (SSSR count). The molecule has 2 aromatic rings. The summed E-state index contributed by atoms with van der Waals surface area (Å²) in [6, 6.07) is 6.56. The fourth-order valence-corrected chi connectivity index (χ4v) is 3.47. The zero-order valence-corrected chi connectivity index (χ0v) is 11.9. The minimum atomic E-state index is 0.327. The summed E-state index contributed by atoms with van der Waals surface area (Å²) >= 11 is 6.29. The lowest BCUT2D eigenvalue weighted by Crippen LogP contribution is -2.31. The number of hydrogen-bond acceptors (Lipinski definition) is 1. The Hall–Kier alpha value is -0.990. The molecule has 2 nitrogen and oxygen atoms in total. The molecule has 0 radical (unpaired) electrons. The van der Waals surface area contributed by atoms with E-state index in [1.165, 1.54) is 16.6 Å². The molecule has 96 valence electrons. The third-order valence-corrected chi connectivity index (χ3v) is 4.33. The van der Waals surface area contributed by atoms with Gasteiger partial charge < -0.3 is 10.3 Å². The van der Waals surface area contributed by atoms with Crippen LogP contribution in [0.25, 0.3) is 10.9 Å². The highest BCUT2D eigenvalue weighted by atomic mass is 35.5. The van der Waals surface area contributed by atoms with Crippen molar-refractivity contribution >= 4 is 22.5 Å². The zero-order valence-electron chi connectivity index (χ0n) is 11.1. The Morgan fingerprint density at radius 3 is 2.89 bits per heavy atom. The molecule has 18 heavy (non-hydrogen) atoms. The van der Waals surface area contributed by atoms with Gasteiger partial charge in [0.1, 0.15) is 0 Å². The Morgan fingerprint density at radius 1 is 1.39 bits per heavy atom. The molecule has 1 aliphatic carbocycles. The number of hydrogen-bond donors (Lipinski definition) is 2. The van der Waals surface area contributed by atoms with Gasteiger partial charge in [-0.1, -0.05) is 37.6 Å². The number of benzene rings is 1. The molecule has 1 aliphatic rings. The molecule has 1 atom stereocenters. The number of fused-ring (bicyclic) bond motifs is 3. The van der Waals surface area contributed by atoms with E-state index in [4.69, 9.17) is 11.6 Å². The highest BCUT2D eigenvalue weighted by molar-refractivity contribution is 6.35. The van der Waals surface area contributed by atoms with Gasteiger partial charge in [0.15, 0.2) is 0 Å². The summed E-state index contributed by atoms with van der Waals surface area (Å²) in [4.78, 5) is 3.53. The number of aromatic nitrogens is 1. The van der Waals surface area contributed by atoms with Crippen LogP contribution in [-0.4, -0.2) is 12.0 Å². The van der Waals surface area contributed by atoms with Crippen molar-refractivity contribution in [1.82, 2.24) is 10.3 Å². The number of aromatic amines is 1. The molecule has 1 aromatic carbocycles. The van der Waals surface area contributed by atoms with Crippen LogP contribution in [-0.2, 0) is 6.42 Å². The molecular weight excluding hydrogens is 244 g/mol. The number of nitrogens with one attached hydrogen (secondary N) is 2. The van der Waals surface area contributed by atoms with E-state index in [2.05, 4.69) is 30.2 Å². The van der Waals surface area contributed by atoms with Crippen LogP contribution in [0.3, 0.4) is 0 Å². The van der Waals surface area contributed by atoms with Gasteiger partial charge in [0.25, 0.3) is 0 Å². The van der Waals surface area contributed by atoms with E-state index >= 15 is 0 Å². The lowest BCUT2D eigenvalue weighted by atomic mass is 9.74. The first-order chi connectivity index (χ1) is 8.52. The van der Waals surface area contributed by atoms with Crippen LogP contribution in [0.1, 0.15) is 37.6 Å². The van der Waals surface area contributed by atoms with Crippen LogP contribution in [0, 0.1) is 5.41 Å². The van der Waals surface area contributed by atoms with Crippen molar-refractivity contribution in [2.75, 3.05) is 7.05 Å². The zero-order chi connectivity index (χ0) is 12.9. The van der Waals surface area contributed by atoms with Crippen LogP contribution >= 0.6 is 11.6 Å². The van der Waals surface area contributed by atoms with E-state index in [-0.39, 0.29) is 0 Å². The molecule has 0 spiro atoms. The molecule has 2 N–H and O–H groups in total. The molecule has 1 unspecified atom stereocenters. The fourth-order valence-electron chi connectivity index (χ4n) is 3.25. The largest absolute Gasteiger partial charge is 0.357 e. The molecule has 0 saturated heterocycles. The second-order valence-electron chi connectivity index (χ2n) is 6.07. The Kier molecular flexibility index (Phi) is 2.68. The second-order valence-corrected chi connectivity index (χ2v) is 6.47. The third kappa shape index (κ3) is 1.75. The maximum Gasteiger partial charge on any atom is 0.0648 e. The second kappa shape index (κ2) is 4.01. The summed E-state index contributed by atoms with van der Waals surface area (Å²) in [5.41, 5.74) is 4.17. The maximum absolute atomic E-state index is 6.29. The molecule has 0 amide bonds. The summed E-state index contributed by atoms with van der Waals surface area (Å²) in [5, 5.41) is 5.54. The monoisotopic (exact) mass is 262 g/mol. The predicted octanol–water partition coefficient (Wildman–Crippen LogP) is 4.05. The summed E-state index contributed by atoms with van der Waals surface area (Å²) in [6.45, 7) is 4.65. The van der Waals surface area contributed by atoms with Gasteiger partial charge in [0.2, 0.25) is 0 Å². The van der Waals surface area contributed by atoms with E-state index in [1.807, 2.05) is 19.2 Å². The standard InChI is InChI=1S/C15H19ClN2/c1-15(2)7-11(17-3)13-9-5-4-6-10(16)14(9)18-12(13)8-15/h4-6,11,17-18H,7-8H2,1-3H3. The minimum absolute atomic E-state index is 0.327. The van der Waals surface area contributed by atoms with Crippen molar-refractivity contribution in [2.45, 2.75) is 32.7 Å². The Morgan fingerprint density at radius 2 is 2.17 bits per heavy atom. The molecule has 0 bridgehead atoms. The van der Waals surface area contributed by atoms with E-state index in [0.29, 0.717) is 11.5 Å². The van der Waals surface area contributed by atoms with Crippen LogP contribution in [0.4, 0.5) is 0 Å². The van der Waals surface area contributed by atoms with Gasteiger partial charge in [-0.25, -0.2) is 0 Å². The first kappa shape index (κ1) is 12.1. The normalized spacial score (nSPS) is 22.1. The van der Waals surface area contributed by atoms with Gasteiger partial charge >= 0.3 is 0 Å². The number of halogens is 1. The molecule has 0 saturated carbocycles. The van der Waals surface area contributed by atoms with Gasteiger partial charge in [-0.3, -0.25) is 0 Å². The van der Waals surface area contributed by atoms with Gasteiger partial charge in [0.05, 0.1) is 10.5 Å². The Labute approximate surface area is 113 Å². The summed E-state index contributed by atoms with van der Waals surface area (Å²) in [7, 11) is 2.04. The van der Waals surface area contributed by atoms with Crippen molar-refractivity contribution in [1.29, 1.82) is 0 Å². The minimum Gasteiger partial charge on any atom is -0.357 e. The van der Waals surface area contributed by atoms with Gasteiger partial charge in [-0.2, -0.15) is 0 Å². The molecular formula is C15H19ClN2. The van der Waals surface area contributed by atoms with Crippen molar-refractivity contribution < 1.29 is 0 Å². The predicted molar refractivity (Wildman–Crippen MR) is 77.2 cm³/mol. The topological polar surface area (TPSA) is 27.8 Å². The van der Waals surface area contributed by atoms with Crippen LogP contribution in [0.2, 0.25) is 5.02 Å². The summed E-state index contributed by atoms with van der Waals surface area (Å²) in [6.07, 6.45) is 2.25. The van der Waals surface area contributed by atoms with E-state index < -0.39 is 0 Å². The van der Waals surface area contributed by atoms with E-state index in [1.54, 1.807) is 0 Å². The van der Waals surface area contributed by atoms with Crippen molar-refractivity contribution in [3.8, 4) is 0 Å². The summed E-state index contributed by atoms with van der Waals surface area (Å²) in [5.74, 6) is 0. The summed E-state index contributed by atoms with van der Waals surface area (Å²) < 4.78 is 0. The number of para-hydroxylation sites is 1. The maximum atomic E-state index is 6.29. The SMILES string of the molecule is CNC1CC(C)(C)Cc2[nH]c3c(Cl)cccc3c21. The average Bonchev–Trinajstić information content (AvgIpc) is 2.66. The molecule has 1 aromatic heterocycles. The van der Waals surface area contributed by atoms with E-state index in [9.17, 15) is 0 Å². The highest BCUT2D eigenvalue weighted by Crippen LogP contribution is 2.44. The highest BCUT2D eigenvalue weighted by Gasteiger charge is 2.34. The Bertz CT molecular complexity index is 598. The van der Waals surface area contributed by atoms with Crippen LogP contribution < -0.4 is 5.32 Å². The van der Waals surface area contributed by atoms with Gasteiger partial charge in [-0.15, -0.1) is 0 Å². The first-order valence-corrected chi connectivity index (χ1v) is 6.86. The van der Waals surface area contributed by atoms with Crippen LogP contribution in [0.15, 0.2) is 18.2 Å². The van der Waals surface area contributed by atoms with Crippen molar-refractivity contribution in [3.05, 3.63) is 34.5 Å². The lowest BCUT2D eigenvalue weighted by molar-refractivity contribution is 0.264. The van der Waals surface area contributed by atoms with Crippen molar-refractivity contribution in [2.24, 2.45) is 5.41 Å². The van der Waals surface area contributed by atoms with E-state index in [0.717, 1.165) is 23.4 Å². The quantitative estimate of drug-likeness (QED) is 0.797.